The van der Waals surface area contributed by atoms with Crippen LogP contribution in [-0.2, 0) is 4.79 Å². The van der Waals surface area contributed by atoms with Crippen LogP contribution >= 0.6 is 0 Å². The maximum Gasteiger partial charge on any atom is 0.224 e. The highest BCUT2D eigenvalue weighted by atomic mass is 16.3. The Balaban J connectivity index is 2.27. The lowest BCUT2D eigenvalue weighted by Crippen LogP contribution is -2.41. The van der Waals surface area contributed by atoms with E-state index in [2.05, 4.69) is 5.32 Å². The van der Waals surface area contributed by atoms with Crippen molar-refractivity contribution in [3.05, 3.63) is 0 Å². The van der Waals surface area contributed by atoms with Crippen LogP contribution in [0.5, 0.6) is 0 Å². The number of carbonyl (C=O) groups excluding carboxylic acids is 1. The lowest BCUT2D eigenvalue weighted by atomic mass is 10.0. The average molecular weight is 214 g/mol. The Bertz CT molecular complexity index is 219. The smallest absolute Gasteiger partial charge is 0.224 e. The lowest BCUT2D eigenvalue weighted by molar-refractivity contribution is -0.125. The third-order valence-corrected chi connectivity index (χ3v) is 3.36. The molecule has 1 aliphatic rings. The van der Waals surface area contributed by atoms with Crippen molar-refractivity contribution in [2.45, 2.75) is 45.3 Å². The van der Waals surface area contributed by atoms with Gasteiger partial charge in [-0.1, -0.05) is 13.3 Å². The van der Waals surface area contributed by atoms with Gasteiger partial charge in [-0.25, -0.2) is 0 Å². The van der Waals surface area contributed by atoms with E-state index in [1.807, 2.05) is 13.8 Å². The lowest BCUT2D eigenvalue weighted by Gasteiger charge is -2.19. The number of aliphatic hydroxyl groups is 1. The fourth-order valence-corrected chi connectivity index (χ4v) is 1.89. The SMILES string of the molecule is CC(N)C(C)C(=O)NCC1CCCC1O. The summed E-state index contributed by atoms with van der Waals surface area (Å²) in [5.74, 6) is 0.0573. The quantitative estimate of drug-likeness (QED) is 0.628. The fourth-order valence-electron chi connectivity index (χ4n) is 1.89. The van der Waals surface area contributed by atoms with Crippen LogP contribution in [-0.4, -0.2) is 29.7 Å². The molecule has 1 amide bonds. The Labute approximate surface area is 91.2 Å². The van der Waals surface area contributed by atoms with Crippen molar-refractivity contribution < 1.29 is 9.90 Å². The first kappa shape index (κ1) is 12.5. The van der Waals surface area contributed by atoms with Crippen molar-refractivity contribution in [3.63, 3.8) is 0 Å². The van der Waals surface area contributed by atoms with Gasteiger partial charge in [0.15, 0.2) is 0 Å². The van der Waals surface area contributed by atoms with Crippen molar-refractivity contribution in [2.24, 2.45) is 17.6 Å². The van der Waals surface area contributed by atoms with E-state index < -0.39 is 0 Å². The summed E-state index contributed by atoms with van der Waals surface area (Å²) in [6, 6.07) is -0.126. The Kier molecular flexibility index (Phi) is 4.54. The summed E-state index contributed by atoms with van der Waals surface area (Å²) in [7, 11) is 0. The second-order valence-electron chi connectivity index (χ2n) is 4.65. The number of rotatable bonds is 4. The van der Waals surface area contributed by atoms with E-state index in [0.717, 1.165) is 19.3 Å². The molecule has 1 rings (SSSR count). The first-order chi connectivity index (χ1) is 7.02. The molecule has 0 aromatic carbocycles. The monoisotopic (exact) mass is 214 g/mol. The summed E-state index contributed by atoms with van der Waals surface area (Å²) in [4.78, 5) is 11.6. The summed E-state index contributed by atoms with van der Waals surface area (Å²) in [5.41, 5.74) is 5.64. The van der Waals surface area contributed by atoms with Crippen LogP contribution in [0, 0.1) is 11.8 Å². The third-order valence-electron chi connectivity index (χ3n) is 3.36. The number of hydrogen-bond donors (Lipinski definition) is 3. The van der Waals surface area contributed by atoms with Crippen LogP contribution in [0.4, 0.5) is 0 Å². The Morgan fingerprint density at radius 1 is 1.53 bits per heavy atom. The maximum atomic E-state index is 11.6. The molecule has 4 N–H and O–H groups in total. The molecule has 88 valence electrons. The average Bonchev–Trinajstić information content (AvgIpc) is 2.59. The Morgan fingerprint density at radius 2 is 2.20 bits per heavy atom. The van der Waals surface area contributed by atoms with Gasteiger partial charge >= 0.3 is 0 Å². The molecular weight excluding hydrogens is 192 g/mol. The Hall–Kier alpha value is -0.610. The highest BCUT2D eigenvalue weighted by molar-refractivity contribution is 5.78. The molecule has 1 fully saturated rings. The first-order valence-corrected chi connectivity index (χ1v) is 5.73. The van der Waals surface area contributed by atoms with Gasteiger partial charge in [-0.2, -0.15) is 0 Å². The molecule has 15 heavy (non-hydrogen) atoms. The zero-order valence-electron chi connectivity index (χ0n) is 9.57. The topological polar surface area (TPSA) is 75.4 Å². The molecule has 0 saturated heterocycles. The molecule has 0 aromatic rings. The highest BCUT2D eigenvalue weighted by Gasteiger charge is 2.26. The second-order valence-corrected chi connectivity index (χ2v) is 4.65. The number of carbonyl (C=O) groups is 1. The molecule has 1 saturated carbocycles. The van der Waals surface area contributed by atoms with Crippen LogP contribution in [0.3, 0.4) is 0 Å². The molecule has 0 bridgehead atoms. The largest absolute Gasteiger partial charge is 0.393 e. The van der Waals surface area contributed by atoms with Crippen LogP contribution in [0.15, 0.2) is 0 Å². The number of aliphatic hydroxyl groups excluding tert-OH is 1. The Morgan fingerprint density at radius 3 is 2.67 bits per heavy atom. The van der Waals surface area contributed by atoms with Crippen molar-refractivity contribution in [3.8, 4) is 0 Å². The summed E-state index contributed by atoms with van der Waals surface area (Å²) >= 11 is 0. The van der Waals surface area contributed by atoms with E-state index >= 15 is 0 Å². The normalized spacial score (nSPS) is 29.9. The minimum absolute atomic E-state index is 0.0101. The molecule has 4 atom stereocenters. The van der Waals surface area contributed by atoms with Gasteiger partial charge in [0.2, 0.25) is 5.91 Å². The predicted molar refractivity (Wildman–Crippen MR) is 59.2 cm³/mol. The summed E-state index contributed by atoms with van der Waals surface area (Å²) in [5, 5.41) is 12.4. The van der Waals surface area contributed by atoms with Gasteiger partial charge in [-0.15, -0.1) is 0 Å². The van der Waals surface area contributed by atoms with Gasteiger partial charge in [0, 0.05) is 24.4 Å². The van der Waals surface area contributed by atoms with E-state index in [0.29, 0.717) is 6.54 Å². The van der Waals surface area contributed by atoms with Crippen LogP contribution in [0.1, 0.15) is 33.1 Å². The van der Waals surface area contributed by atoms with E-state index in [9.17, 15) is 9.90 Å². The maximum absolute atomic E-state index is 11.6. The molecule has 0 radical (unpaired) electrons. The van der Waals surface area contributed by atoms with Crippen molar-refractivity contribution in [1.82, 2.24) is 5.32 Å². The number of nitrogens with one attached hydrogen (secondary N) is 1. The molecular formula is C11H22N2O2. The minimum atomic E-state index is -0.240. The molecule has 1 aliphatic carbocycles. The van der Waals surface area contributed by atoms with Crippen LogP contribution in [0.25, 0.3) is 0 Å². The van der Waals surface area contributed by atoms with E-state index in [-0.39, 0.29) is 29.9 Å². The zero-order chi connectivity index (χ0) is 11.4. The molecule has 4 unspecified atom stereocenters. The number of hydrogen-bond acceptors (Lipinski definition) is 3. The van der Waals surface area contributed by atoms with Gasteiger partial charge < -0.3 is 16.2 Å². The van der Waals surface area contributed by atoms with Gasteiger partial charge in [0.05, 0.1) is 6.10 Å². The van der Waals surface area contributed by atoms with Gasteiger partial charge in [-0.3, -0.25) is 4.79 Å². The van der Waals surface area contributed by atoms with E-state index in [1.54, 1.807) is 0 Å². The van der Waals surface area contributed by atoms with Crippen molar-refractivity contribution in [2.75, 3.05) is 6.54 Å². The summed E-state index contributed by atoms with van der Waals surface area (Å²) in [6.45, 7) is 4.23. The summed E-state index contributed by atoms with van der Waals surface area (Å²) < 4.78 is 0. The van der Waals surface area contributed by atoms with Gasteiger partial charge in [-0.05, 0) is 19.8 Å². The fraction of sp³-hybridized carbons (Fsp3) is 0.909. The number of amides is 1. The van der Waals surface area contributed by atoms with Crippen LogP contribution in [0.2, 0.25) is 0 Å². The second kappa shape index (κ2) is 5.47. The third kappa shape index (κ3) is 3.47. The standard InChI is InChI=1S/C11H22N2O2/c1-7(8(2)12)11(15)13-6-9-4-3-5-10(9)14/h7-10,14H,3-6,12H2,1-2H3,(H,13,15). The molecule has 4 nitrogen and oxygen atoms in total. The van der Waals surface area contributed by atoms with Crippen molar-refractivity contribution >= 4 is 5.91 Å². The number of nitrogens with two attached hydrogens (primary N) is 1. The zero-order valence-corrected chi connectivity index (χ0v) is 9.57. The van der Waals surface area contributed by atoms with Gasteiger partial charge in [0.1, 0.15) is 0 Å². The van der Waals surface area contributed by atoms with Crippen molar-refractivity contribution in [1.29, 1.82) is 0 Å². The summed E-state index contributed by atoms with van der Waals surface area (Å²) in [6.07, 6.45) is 2.69. The van der Waals surface area contributed by atoms with E-state index in [1.165, 1.54) is 0 Å². The van der Waals surface area contributed by atoms with E-state index in [4.69, 9.17) is 5.73 Å². The molecule has 4 heteroatoms. The molecule has 0 heterocycles. The van der Waals surface area contributed by atoms with Gasteiger partial charge in [0.25, 0.3) is 0 Å². The van der Waals surface area contributed by atoms with Crippen LogP contribution < -0.4 is 11.1 Å². The molecule has 0 aromatic heterocycles. The predicted octanol–water partition coefficient (Wildman–Crippen LogP) is 0.247. The highest BCUT2D eigenvalue weighted by Crippen LogP contribution is 2.24. The molecule has 0 aliphatic heterocycles. The molecule has 0 spiro atoms. The first-order valence-electron chi connectivity index (χ1n) is 5.73. The minimum Gasteiger partial charge on any atom is -0.393 e.